The summed E-state index contributed by atoms with van der Waals surface area (Å²) in [5.74, 6) is 0.449. The van der Waals surface area contributed by atoms with Crippen LogP contribution in [0.3, 0.4) is 0 Å². The molecule has 172 valence electrons. The summed E-state index contributed by atoms with van der Waals surface area (Å²) in [6.45, 7) is 0.341. The van der Waals surface area contributed by atoms with Gasteiger partial charge in [0.05, 0.1) is 5.69 Å². The Morgan fingerprint density at radius 2 is 1.91 bits per heavy atom. The van der Waals surface area contributed by atoms with Gasteiger partial charge in [0, 0.05) is 31.2 Å². The van der Waals surface area contributed by atoms with Gasteiger partial charge in [0.25, 0.3) is 5.91 Å². The molecule has 0 saturated heterocycles. The zero-order valence-corrected chi connectivity index (χ0v) is 19.2. The van der Waals surface area contributed by atoms with E-state index in [1.165, 1.54) is 7.05 Å². The first-order valence-corrected chi connectivity index (χ1v) is 10.7. The lowest BCUT2D eigenvalue weighted by atomic mass is 10.1. The van der Waals surface area contributed by atoms with Crippen molar-refractivity contribution in [1.82, 2.24) is 5.32 Å². The first-order valence-electron chi connectivity index (χ1n) is 10.3. The molecule has 3 aromatic rings. The fourth-order valence-corrected chi connectivity index (χ4v) is 3.54. The summed E-state index contributed by atoms with van der Waals surface area (Å²) in [6.07, 6.45) is 0. The molecule has 0 saturated carbocycles. The third-order valence-electron chi connectivity index (χ3n) is 5.06. The van der Waals surface area contributed by atoms with Gasteiger partial charge in [0.2, 0.25) is 0 Å². The number of halogens is 1. The number of rotatable bonds is 4. The van der Waals surface area contributed by atoms with Crippen molar-refractivity contribution in [2.45, 2.75) is 6.54 Å². The Bertz CT molecular complexity index is 1340. The first kappa shape index (κ1) is 23.1. The van der Waals surface area contributed by atoms with Gasteiger partial charge in [-0.25, -0.2) is 14.7 Å². The van der Waals surface area contributed by atoms with Crippen molar-refractivity contribution in [2.75, 3.05) is 19.0 Å². The van der Waals surface area contributed by atoms with Gasteiger partial charge < -0.3 is 15.5 Å². The molecule has 1 aromatic heterocycles. The quantitative estimate of drug-likeness (QED) is 0.439. The molecular formula is C24H21ClN6O3. The van der Waals surface area contributed by atoms with Crippen molar-refractivity contribution in [1.29, 1.82) is 0 Å². The fourth-order valence-electron chi connectivity index (χ4n) is 3.35. The van der Waals surface area contributed by atoms with E-state index in [4.69, 9.17) is 21.8 Å². The number of amidine groups is 2. The molecule has 4 rings (SSSR count). The minimum Gasteiger partial charge on any atom is -0.453 e. The SMILES string of the molecule is C/N=C(\N=C1\C(=O)N(c2ccc(CN)cc2)C(=O)N=C1NC)c1ccc(-c2cccc(Cl)c2)o1. The fraction of sp³-hybridized carbons (Fsp3) is 0.125. The number of nitrogens with two attached hydrogens (primary N) is 1. The van der Waals surface area contributed by atoms with Crippen LogP contribution in [-0.4, -0.2) is 43.4 Å². The van der Waals surface area contributed by atoms with E-state index in [9.17, 15) is 9.59 Å². The predicted molar refractivity (Wildman–Crippen MR) is 133 cm³/mol. The number of aliphatic imine (C=N–C) groups is 3. The zero-order valence-electron chi connectivity index (χ0n) is 18.4. The maximum Gasteiger partial charge on any atom is 0.357 e. The van der Waals surface area contributed by atoms with E-state index in [2.05, 4.69) is 20.3 Å². The van der Waals surface area contributed by atoms with Gasteiger partial charge >= 0.3 is 6.03 Å². The number of carbonyl (C=O) groups excluding carboxylic acids is 2. The Morgan fingerprint density at radius 3 is 2.56 bits per heavy atom. The predicted octanol–water partition coefficient (Wildman–Crippen LogP) is 3.66. The summed E-state index contributed by atoms with van der Waals surface area (Å²) in [7, 11) is 3.08. The zero-order chi connectivity index (χ0) is 24.2. The highest BCUT2D eigenvalue weighted by atomic mass is 35.5. The van der Waals surface area contributed by atoms with Crippen molar-refractivity contribution in [3.63, 3.8) is 0 Å². The molecule has 0 atom stereocenters. The molecule has 2 heterocycles. The Hall–Kier alpha value is -4.08. The van der Waals surface area contributed by atoms with Crippen molar-refractivity contribution in [3.8, 4) is 11.3 Å². The highest BCUT2D eigenvalue weighted by molar-refractivity contribution is 6.73. The standard InChI is InChI=1S/C24H21ClN6O3/c1-27-21(19-11-10-18(34-19)15-4-3-5-16(25)12-15)29-20-22(28-2)30-24(33)31(23(20)32)17-8-6-14(13-26)7-9-17/h3-12H,13,26H2,1-2H3,(H,28,30,33)/b27-21-,29-20+. The molecule has 0 bridgehead atoms. The van der Waals surface area contributed by atoms with Crippen LogP contribution in [0.1, 0.15) is 11.3 Å². The van der Waals surface area contributed by atoms with Crippen LogP contribution in [0.4, 0.5) is 10.5 Å². The smallest absolute Gasteiger partial charge is 0.357 e. The van der Waals surface area contributed by atoms with E-state index in [0.717, 1.165) is 16.0 Å². The molecule has 3 amide bonds. The molecule has 10 heteroatoms. The van der Waals surface area contributed by atoms with Gasteiger partial charge in [-0.05, 0) is 42.0 Å². The van der Waals surface area contributed by atoms with Gasteiger partial charge in [-0.3, -0.25) is 9.79 Å². The van der Waals surface area contributed by atoms with Gasteiger partial charge in [-0.1, -0.05) is 35.9 Å². The largest absolute Gasteiger partial charge is 0.453 e. The Kier molecular flexibility index (Phi) is 6.67. The highest BCUT2D eigenvalue weighted by Crippen LogP contribution is 2.26. The van der Waals surface area contributed by atoms with Gasteiger partial charge in [0.15, 0.2) is 23.1 Å². The van der Waals surface area contributed by atoms with Crippen LogP contribution >= 0.6 is 11.6 Å². The molecule has 0 radical (unpaired) electrons. The number of nitrogens with zero attached hydrogens (tertiary/aromatic N) is 4. The van der Waals surface area contributed by atoms with E-state index in [1.807, 2.05) is 12.1 Å². The third-order valence-corrected chi connectivity index (χ3v) is 5.30. The van der Waals surface area contributed by atoms with Crippen LogP contribution in [-0.2, 0) is 11.3 Å². The first-order chi connectivity index (χ1) is 16.4. The topological polar surface area (TPSA) is 126 Å². The second kappa shape index (κ2) is 9.82. The molecule has 1 aliphatic heterocycles. The lowest BCUT2D eigenvalue weighted by Gasteiger charge is -2.24. The molecule has 0 unspecified atom stereocenters. The Balaban J connectivity index is 1.71. The number of imide groups is 1. The van der Waals surface area contributed by atoms with E-state index < -0.39 is 11.9 Å². The van der Waals surface area contributed by atoms with Gasteiger partial charge in [-0.15, -0.1) is 0 Å². The highest BCUT2D eigenvalue weighted by Gasteiger charge is 2.35. The lowest BCUT2D eigenvalue weighted by Crippen LogP contribution is -2.51. The molecule has 2 aromatic carbocycles. The number of hydrogen-bond acceptors (Lipinski definition) is 6. The molecule has 0 fully saturated rings. The number of furan rings is 1. The lowest BCUT2D eigenvalue weighted by molar-refractivity contribution is -0.111. The second-order valence-corrected chi connectivity index (χ2v) is 7.62. The average Bonchev–Trinajstić information content (AvgIpc) is 3.34. The Morgan fingerprint density at radius 1 is 1.15 bits per heavy atom. The molecular weight excluding hydrogens is 456 g/mol. The normalized spacial score (nSPS) is 15.6. The van der Waals surface area contributed by atoms with E-state index in [1.54, 1.807) is 55.6 Å². The number of urea groups is 1. The summed E-state index contributed by atoms with van der Waals surface area (Å²) in [5, 5.41) is 3.33. The van der Waals surface area contributed by atoms with Crippen LogP contribution in [0.5, 0.6) is 0 Å². The van der Waals surface area contributed by atoms with Crippen molar-refractivity contribution in [2.24, 2.45) is 20.7 Å². The molecule has 0 aliphatic carbocycles. The number of carbonyl (C=O) groups is 2. The van der Waals surface area contributed by atoms with Crippen molar-refractivity contribution >= 4 is 46.6 Å². The summed E-state index contributed by atoms with van der Waals surface area (Å²) >= 11 is 6.08. The number of benzene rings is 2. The van der Waals surface area contributed by atoms with Crippen molar-refractivity contribution in [3.05, 3.63) is 77.0 Å². The maximum absolute atomic E-state index is 13.3. The van der Waals surface area contributed by atoms with Crippen LogP contribution in [0.25, 0.3) is 11.3 Å². The van der Waals surface area contributed by atoms with E-state index in [0.29, 0.717) is 28.8 Å². The monoisotopic (exact) mass is 476 g/mol. The Labute approximate surface area is 200 Å². The summed E-state index contributed by atoms with van der Waals surface area (Å²) in [4.78, 5) is 39.5. The van der Waals surface area contributed by atoms with Crippen LogP contribution in [0, 0.1) is 0 Å². The van der Waals surface area contributed by atoms with E-state index in [-0.39, 0.29) is 17.4 Å². The summed E-state index contributed by atoms with van der Waals surface area (Å²) in [5.41, 5.74) is 7.56. The number of amides is 3. The number of hydrogen-bond donors (Lipinski definition) is 2. The van der Waals surface area contributed by atoms with Crippen LogP contribution < -0.4 is 16.0 Å². The summed E-state index contributed by atoms with van der Waals surface area (Å²) in [6, 6.07) is 16.7. The molecule has 3 N–H and O–H groups in total. The average molecular weight is 477 g/mol. The van der Waals surface area contributed by atoms with Crippen molar-refractivity contribution < 1.29 is 14.0 Å². The molecule has 0 spiro atoms. The number of anilines is 1. The summed E-state index contributed by atoms with van der Waals surface area (Å²) < 4.78 is 5.92. The molecule has 1 aliphatic rings. The minimum absolute atomic E-state index is 0.0348. The molecule has 34 heavy (non-hydrogen) atoms. The third kappa shape index (κ3) is 4.52. The van der Waals surface area contributed by atoms with Gasteiger partial charge in [0.1, 0.15) is 5.76 Å². The molecule has 9 nitrogen and oxygen atoms in total. The second-order valence-electron chi connectivity index (χ2n) is 7.19. The van der Waals surface area contributed by atoms with Crippen LogP contribution in [0.15, 0.2) is 80.1 Å². The number of nitrogens with one attached hydrogen (secondary N) is 1. The van der Waals surface area contributed by atoms with Gasteiger partial charge in [-0.2, -0.15) is 4.99 Å². The minimum atomic E-state index is -0.731. The van der Waals surface area contributed by atoms with Crippen LogP contribution in [0.2, 0.25) is 5.02 Å². The maximum atomic E-state index is 13.3. The van der Waals surface area contributed by atoms with E-state index >= 15 is 0 Å².